The molecule has 1 aliphatic heterocycles. The first-order chi connectivity index (χ1) is 10.2. The van der Waals surface area contributed by atoms with Gasteiger partial charge in [0.25, 0.3) is 0 Å². The van der Waals surface area contributed by atoms with Crippen molar-refractivity contribution in [3.05, 3.63) is 23.8 Å². The maximum atomic E-state index is 9.77. The number of hydrogen-bond donors (Lipinski definition) is 1. The number of aromatic hydroxyl groups is 1. The third-order valence-corrected chi connectivity index (χ3v) is 3.94. The Hall–Kier alpha value is -1.77. The van der Waals surface area contributed by atoms with E-state index in [2.05, 4.69) is 22.8 Å². The summed E-state index contributed by atoms with van der Waals surface area (Å²) < 4.78 is 5.41. The fourth-order valence-electron chi connectivity index (χ4n) is 2.68. The van der Waals surface area contributed by atoms with Gasteiger partial charge in [0.15, 0.2) is 11.5 Å². The number of piperazine rings is 1. The number of nitriles is 1. The summed E-state index contributed by atoms with van der Waals surface area (Å²) in [6.07, 6.45) is 0. The Balaban J connectivity index is 2.14. The van der Waals surface area contributed by atoms with Crippen molar-refractivity contribution < 1.29 is 9.84 Å². The number of hydrogen-bond acceptors (Lipinski definition) is 5. The first-order valence-corrected chi connectivity index (χ1v) is 7.51. The first kappa shape index (κ1) is 15.6. The Labute approximate surface area is 126 Å². The van der Waals surface area contributed by atoms with E-state index in [1.165, 1.54) is 0 Å². The van der Waals surface area contributed by atoms with Gasteiger partial charge in [-0.3, -0.25) is 4.90 Å². The van der Waals surface area contributed by atoms with Gasteiger partial charge >= 0.3 is 0 Å². The summed E-state index contributed by atoms with van der Waals surface area (Å²) in [4.78, 5) is 4.57. The third kappa shape index (κ3) is 3.66. The summed E-state index contributed by atoms with van der Waals surface area (Å²) in [5.74, 6) is 0.565. The highest BCUT2D eigenvalue weighted by Gasteiger charge is 2.25. The summed E-state index contributed by atoms with van der Waals surface area (Å²) in [6.45, 7) is 9.33. The lowest BCUT2D eigenvalue weighted by Gasteiger charge is -2.36. The Morgan fingerprint density at radius 1 is 1.29 bits per heavy atom. The Morgan fingerprint density at radius 2 is 2.00 bits per heavy atom. The highest BCUT2D eigenvalue weighted by atomic mass is 16.5. The first-order valence-electron chi connectivity index (χ1n) is 7.51. The Morgan fingerprint density at radius 3 is 2.57 bits per heavy atom. The number of likely N-dealkylation sites (N-methyl/N-ethyl adjacent to an activating group) is 1. The molecule has 0 amide bonds. The summed E-state index contributed by atoms with van der Waals surface area (Å²) in [5.41, 5.74) is 0.878. The third-order valence-electron chi connectivity index (χ3n) is 3.94. The minimum atomic E-state index is -0.288. The second-order valence-electron chi connectivity index (χ2n) is 5.16. The molecule has 0 bridgehead atoms. The molecule has 2 rings (SSSR count). The zero-order valence-corrected chi connectivity index (χ0v) is 12.7. The fraction of sp³-hybridized carbons (Fsp3) is 0.562. The van der Waals surface area contributed by atoms with Crippen LogP contribution in [0.3, 0.4) is 0 Å². The molecular weight excluding hydrogens is 266 g/mol. The van der Waals surface area contributed by atoms with Gasteiger partial charge in [-0.2, -0.15) is 5.26 Å². The Kier molecular flexibility index (Phi) is 5.43. The topological polar surface area (TPSA) is 59.7 Å². The summed E-state index contributed by atoms with van der Waals surface area (Å²) in [6, 6.07) is 7.28. The predicted octanol–water partition coefficient (Wildman–Crippen LogP) is 1.99. The second-order valence-corrected chi connectivity index (χ2v) is 5.16. The maximum absolute atomic E-state index is 9.77. The molecule has 1 aromatic rings. The highest BCUT2D eigenvalue weighted by Crippen LogP contribution is 2.31. The predicted molar refractivity (Wildman–Crippen MR) is 81.3 cm³/mol. The largest absolute Gasteiger partial charge is 0.504 e. The molecule has 1 unspecified atom stereocenters. The fourth-order valence-corrected chi connectivity index (χ4v) is 2.68. The van der Waals surface area contributed by atoms with Crippen molar-refractivity contribution in [1.29, 1.82) is 5.26 Å². The summed E-state index contributed by atoms with van der Waals surface area (Å²) in [7, 11) is 0. The molecule has 0 spiro atoms. The van der Waals surface area contributed by atoms with Crippen LogP contribution in [0.15, 0.2) is 18.2 Å². The van der Waals surface area contributed by atoms with Gasteiger partial charge in [0.2, 0.25) is 0 Å². The second kappa shape index (κ2) is 7.30. The molecule has 5 nitrogen and oxygen atoms in total. The van der Waals surface area contributed by atoms with Crippen molar-refractivity contribution in [3.63, 3.8) is 0 Å². The van der Waals surface area contributed by atoms with E-state index in [0.29, 0.717) is 12.4 Å². The normalized spacial score (nSPS) is 18.1. The van der Waals surface area contributed by atoms with Crippen molar-refractivity contribution in [1.82, 2.24) is 9.80 Å². The molecule has 0 saturated carbocycles. The Bertz CT molecular complexity index is 505. The van der Waals surface area contributed by atoms with Gasteiger partial charge in [-0.15, -0.1) is 0 Å². The van der Waals surface area contributed by atoms with Crippen molar-refractivity contribution in [3.8, 4) is 17.6 Å². The van der Waals surface area contributed by atoms with Gasteiger partial charge in [-0.25, -0.2) is 0 Å². The molecule has 1 heterocycles. The molecule has 0 aliphatic carbocycles. The number of ether oxygens (including phenoxy) is 1. The molecule has 1 saturated heterocycles. The van der Waals surface area contributed by atoms with Crippen LogP contribution in [0.5, 0.6) is 11.5 Å². The number of nitrogens with zero attached hydrogens (tertiary/aromatic N) is 3. The molecule has 5 heteroatoms. The van der Waals surface area contributed by atoms with Gasteiger partial charge in [-0.05, 0) is 31.2 Å². The van der Waals surface area contributed by atoms with Crippen LogP contribution in [-0.4, -0.2) is 54.2 Å². The van der Waals surface area contributed by atoms with E-state index < -0.39 is 0 Å². The van der Waals surface area contributed by atoms with Crippen LogP contribution in [0.4, 0.5) is 0 Å². The summed E-state index contributed by atoms with van der Waals surface area (Å²) in [5, 5.41) is 19.3. The molecule has 21 heavy (non-hydrogen) atoms. The zero-order valence-electron chi connectivity index (χ0n) is 12.7. The van der Waals surface area contributed by atoms with Gasteiger partial charge < -0.3 is 14.7 Å². The number of benzene rings is 1. The van der Waals surface area contributed by atoms with E-state index in [1.54, 1.807) is 18.2 Å². The van der Waals surface area contributed by atoms with E-state index in [4.69, 9.17) is 4.74 Å². The number of rotatable bonds is 5. The lowest BCUT2D eigenvalue weighted by molar-refractivity contribution is 0.118. The maximum Gasteiger partial charge on any atom is 0.161 e. The average Bonchev–Trinajstić information content (AvgIpc) is 2.52. The zero-order chi connectivity index (χ0) is 15.2. The van der Waals surface area contributed by atoms with Crippen LogP contribution in [0.1, 0.15) is 25.5 Å². The lowest BCUT2D eigenvalue weighted by Crippen LogP contribution is -2.47. The smallest absolute Gasteiger partial charge is 0.161 e. The quantitative estimate of drug-likeness (QED) is 0.898. The molecule has 0 aromatic heterocycles. The van der Waals surface area contributed by atoms with Crippen LogP contribution in [0.2, 0.25) is 0 Å². The monoisotopic (exact) mass is 289 g/mol. The van der Waals surface area contributed by atoms with Crippen LogP contribution in [-0.2, 0) is 0 Å². The van der Waals surface area contributed by atoms with Crippen molar-refractivity contribution in [2.24, 2.45) is 0 Å². The minimum Gasteiger partial charge on any atom is -0.504 e. The molecule has 1 atom stereocenters. The molecule has 0 radical (unpaired) electrons. The van der Waals surface area contributed by atoms with Gasteiger partial charge in [-0.1, -0.05) is 13.0 Å². The van der Waals surface area contributed by atoms with Crippen LogP contribution in [0, 0.1) is 11.3 Å². The van der Waals surface area contributed by atoms with Gasteiger partial charge in [0.1, 0.15) is 6.04 Å². The van der Waals surface area contributed by atoms with E-state index >= 15 is 0 Å². The van der Waals surface area contributed by atoms with E-state index in [0.717, 1.165) is 38.3 Å². The van der Waals surface area contributed by atoms with Crippen LogP contribution < -0.4 is 4.74 Å². The molecular formula is C16H23N3O2. The van der Waals surface area contributed by atoms with E-state index in [9.17, 15) is 10.4 Å². The highest BCUT2D eigenvalue weighted by molar-refractivity contribution is 5.44. The van der Waals surface area contributed by atoms with Crippen molar-refractivity contribution in [2.45, 2.75) is 19.9 Å². The molecule has 1 aliphatic rings. The van der Waals surface area contributed by atoms with Gasteiger partial charge in [0, 0.05) is 26.2 Å². The number of phenolic OH excluding ortho intramolecular Hbond substituents is 1. The summed E-state index contributed by atoms with van der Waals surface area (Å²) >= 11 is 0. The molecule has 1 fully saturated rings. The number of phenols is 1. The van der Waals surface area contributed by atoms with Gasteiger partial charge in [0.05, 0.1) is 12.7 Å². The van der Waals surface area contributed by atoms with E-state index in [-0.39, 0.29) is 11.8 Å². The standard InChI is InChI=1S/C16H23N3O2/c1-3-18-7-9-19(10-8-18)14(12-17)13-5-6-15(20)16(11-13)21-4-2/h5-6,11,14,20H,3-4,7-10H2,1-2H3. The molecule has 1 aromatic carbocycles. The van der Waals surface area contributed by atoms with Crippen molar-refractivity contribution in [2.75, 3.05) is 39.3 Å². The van der Waals surface area contributed by atoms with Crippen LogP contribution >= 0.6 is 0 Å². The van der Waals surface area contributed by atoms with Crippen LogP contribution in [0.25, 0.3) is 0 Å². The SMILES string of the molecule is CCOc1cc(C(C#N)N2CCN(CC)CC2)ccc1O. The minimum absolute atomic E-state index is 0.119. The van der Waals surface area contributed by atoms with E-state index in [1.807, 2.05) is 6.92 Å². The lowest BCUT2D eigenvalue weighted by atomic mass is 10.0. The average molecular weight is 289 g/mol. The molecule has 1 N–H and O–H groups in total. The molecule has 114 valence electrons. The van der Waals surface area contributed by atoms with Crippen molar-refractivity contribution >= 4 is 0 Å².